The van der Waals surface area contributed by atoms with Gasteiger partial charge < -0.3 is 9.64 Å². The monoisotopic (exact) mass is 326 g/mol. The molecule has 24 heavy (non-hydrogen) atoms. The number of rotatable bonds is 5. The molecule has 1 saturated heterocycles. The number of ether oxygens (including phenoxy) is 1. The summed E-state index contributed by atoms with van der Waals surface area (Å²) in [4.78, 5) is 13.2. The number of nitro groups is 1. The summed E-state index contributed by atoms with van der Waals surface area (Å²) in [5, 5.41) is 11.2. The van der Waals surface area contributed by atoms with Crippen LogP contribution in [0, 0.1) is 10.1 Å². The lowest BCUT2D eigenvalue weighted by molar-refractivity contribution is -0.386. The summed E-state index contributed by atoms with van der Waals surface area (Å²) in [5.74, 6) is 0.568. The predicted molar refractivity (Wildman–Crippen MR) is 93.4 cm³/mol. The number of hydrogen-bond acceptors (Lipinski definition) is 4. The van der Waals surface area contributed by atoms with Gasteiger partial charge in [0.1, 0.15) is 6.10 Å². The summed E-state index contributed by atoms with van der Waals surface area (Å²) in [6, 6.07) is 16.9. The van der Waals surface area contributed by atoms with E-state index in [0.717, 1.165) is 26.1 Å². The molecule has 2 atom stereocenters. The van der Waals surface area contributed by atoms with Gasteiger partial charge in [0, 0.05) is 25.1 Å². The SMILES string of the molecule is CCN1CC[C@@H](Oc2ccccc2[N+](=O)[O-])[C@H](c2ccccc2)C1. The van der Waals surface area contributed by atoms with Crippen molar-refractivity contribution in [2.75, 3.05) is 19.6 Å². The molecule has 1 heterocycles. The Morgan fingerprint density at radius 3 is 2.58 bits per heavy atom. The molecule has 126 valence electrons. The summed E-state index contributed by atoms with van der Waals surface area (Å²) in [5.41, 5.74) is 1.25. The van der Waals surface area contributed by atoms with E-state index < -0.39 is 0 Å². The van der Waals surface area contributed by atoms with Crippen molar-refractivity contribution in [3.63, 3.8) is 0 Å². The number of likely N-dealkylation sites (N-methyl/N-ethyl adjacent to an activating group) is 1. The van der Waals surface area contributed by atoms with Gasteiger partial charge in [-0.2, -0.15) is 0 Å². The number of hydrogen-bond donors (Lipinski definition) is 0. The van der Waals surface area contributed by atoms with Gasteiger partial charge in [0.2, 0.25) is 0 Å². The van der Waals surface area contributed by atoms with Crippen LogP contribution in [-0.4, -0.2) is 35.6 Å². The first kappa shape index (κ1) is 16.5. The maximum absolute atomic E-state index is 11.2. The number of para-hydroxylation sites is 2. The standard InChI is InChI=1S/C19H22N2O3/c1-2-20-13-12-18(16(14-20)15-8-4-3-5-9-15)24-19-11-7-6-10-17(19)21(22)23/h3-11,16,18H,2,12-14H2,1H3/t16-,18+/m0/s1. The molecule has 2 aromatic rings. The molecule has 5 nitrogen and oxygen atoms in total. The van der Waals surface area contributed by atoms with Crippen molar-refractivity contribution >= 4 is 5.69 Å². The number of likely N-dealkylation sites (tertiary alicyclic amines) is 1. The van der Waals surface area contributed by atoms with Crippen LogP contribution in [0.15, 0.2) is 54.6 Å². The Hall–Kier alpha value is -2.40. The van der Waals surface area contributed by atoms with Crippen molar-refractivity contribution in [2.24, 2.45) is 0 Å². The molecule has 0 N–H and O–H groups in total. The van der Waals surface area contributed by atoms with E-state index in [-0.39, 0.29) is 22.6 Å². The second-order valence-electron chi connectivity index (χ2n) is 6.08. The van der Waals surface area contributed by atoms with Crippen LogP contribution in [-0.2, 0) is 0 Å². The van der Waals surface area contributed by atoms with E-state index >= 15 is 0 Å². The van der Waals surface area contributed by atoms with Gasteiger partial charge in [0.05, 0.1) is 4.92 Å². The Morgan fingerprint density at radius 2 is 1.88 bits per heavy atom. The summed E-state index contributed by atoms with van der Waals surface area (Å²) in [7, 11) is 0. The molecular weight excluding hydrogens is 304 g/mol. The highest BCUT2D eigenvalue weighted by Gasteiger charge is 2.32. The zero-order valence-corrected chi connectivity index (χ0v) is 13.8. The van der Waals surface area contributed by atoms with Gasteiger partial charge in [0.25, 0.3) is 0 Å². The number of piperidine rings is 1. The van der Waals surface area contributed by atoms with Gasteiger partial charge in [0.15, 0.2) is 5.75 Å². The van der Waals surface area contributed by atoms with Crippen molar-refractivity contribution in [1.82, 2.24) is 4.90 Å². The molecule has 0 spiro atoms. The molecule has 0 bridgehead atoms. The van der Waals surface area contributed by atoms with Crippen LogP contribution in [0.2, 0.25) is 0 Å². The van der Waals surface area contributed by atoms with Crippen molar-refractivity contribution in [3.8, 4) is 5.75 Å². The zero-order chi connectivity index (χ0) is 16.9. The van der Waals surface area contributed by atoms with Crippen LogP contribution in [0.1, 0.15) is 24.8 Å². The fourth-order valence-electron chi connectivity index (χ4n) is 3.32. The van der Waals surface area contributed by atoms with E-state index in [9.17, 15) is 10.1 Å². The lowest BCUT2D eigenvalue weighted by atomic mass is 9.88. The average molecular weight is 326 g/mol. The van der Waals surface area contributed by atoms with Crippen LogP contribution in [0.4, 0.5) is 5.69 Å². The number of benzene rings is 2. The van der Waals surface area contributed by atoms with Gasteiger partial charge in [-0.3, -0.25) is 10.1 Å². The molecule has 0 saturated carbocycles. The van der Waals surface area contributed by atoms with Crippen LogP contribution in [0.3, 0.4) is 0 Å². The van der Waals surface area contributed by atoms with E-state index in [1.165, 1.54) is 11.6 Å². The van der Waals surface area contributed by atoms with Gasteiger partial charge >= 0.3 is 5.69 Å². The highest BCUT2D eigenvalue weighted by Crippen LogP contribution is 2.34. The topological polar surface area (TPSA) is 55.6 Å². The molecule has 0 amide bonds. The molecule has 0 aliphatic carbocycles. The van der Waals surface area contributed by atoms with Crippen molar-refractivity contribution < 1.29 is 9.66 Å². The molecule has 1 fully saturated rings. The van der Waals surface area contributed by atoms with Crippen LogP contribution in [0.5, 0.6) is 5.75 Å². The first-order valence-electron chi connectivity index (χ1n) is 8.36. The molecule has 1 aliphatic heterocycles. The normalized spacial score (nSPS) is 21.4. The summed E-state index contributed by atoms with van der Waals surface area (Å²) < 4.78 is 6.14. The van der Waals surface area contributed by atoms with E-state index in [1.54, 1.807) is 18.2 Å². The van der Waals surface area contributed by atoms with E-state index in [1.807, 2.05) is 18.2 Å². The molecule has 3 rings (SSSR count). The second-order valence-corrected chi connectivity index (χ2v) is 6.08. The van der Waals surface area contributed by atoms with Crippen molar-refractivity contribution in [1.29, 1.82) is 0 Å². The van der Waals surface area contributed by atoms with Crippen LogP contribution >= 0.6 is 0 Å². The Labute approximate surface area is 142 Å². The summed E-state index contributed by atoms with van der Waals surface area (Å²) in [6.45, 7) is 5.02. The van der Waals surface area contributed by atoms with Crippen molar-refractivity contribution in [2.45, 2.75) is 25.4 Å². The van der Waals surface area contributed by atoms with Crippen LogP contribution < -0.4 is 4.74 Å². The minimum atomic E-state index is -0.381. The maximum atomic E-state index is 11.2. The third kappa shape index (κ3) is 3.57. The van der Waals surface area contributed by atoms with Crippen molar-refractivity contribution in [3.05, 3.63) is 70.3 Å². The molecule has 0 aromatic heterocycles. The van der Waals surface area contributed by atoms with E-state index in [2.05, 4.69) is 24.0 Å². The smallest absolute Gasteiger partial charge is 0.310 e. The minimum Gasteiger partial charge on any atom is -0.483 e. The summed E-state index contributed by atoms with van der Waals surface area (Å²) >= 11 is 0. The lowest BCUT2D eigenvalue weighted by Gasteiger charge is -2.38. The first-order valence-corrected chi connectivity index (χ1v) is 8.36. The van der Waals surface area contributed by atoms with E-state index in [4.69, 9.17) is 4.74 Å². The fraction of sp³-hybridized carbons (Fsp3) is 0.368. The molecule has 2 aromatic carbocycles. The molecule has 0 unspecified atom stereocenters. The number of nitro benzene ring substituents is 1. The first-order chi connectivity index (χ1) is 11.7. The third-order valence-electron chi connectivity index (χ3n) is 4.65. The second kappa shape index (κ2) is 7.45. The Bertz CT molecular complexity index is 690. The van der Waals surface area contributed by atoms with E-state index in [0.29, 0.717) is 5.75 Å². The Morgan fingerprint density at radius 1 is 1.17 bits per heavy atom. The minimum absolute atomic E-state index is 0.0298. The van der Waals surface area contributed by atoms with Gasteiger partial charge in [-0.15, -0.1) is 0 Å². The highest BCUT2D eigenvalue weighted by atomic mass is 16.6. The highest BCUT2D eigenvalue weighted by molar-refractivity contribution is 5.46. The van der Waals surface area contributed by atoms with Gasteiger partial charge in [-0.05, 0) is 24.6 Å². The lowest BCUT2D eigenvalue weighted by Crippen LogP contribution is -2.44. The third-order valence-corrected chi connectivity index (χ3v) is 4.65. The Balaban J connectivity index is 1.86. The summed E-state index contributed by atoms with van der Waals surface area (Å²) in [6.07, 6.45) is 0.802. The largest absolute Gasteiger partial charge is 0.483 e. The predicted octanol–water partition coefficient (Wildman–Crippen LogP) is 3.85. The van der Waals surface area contributed by atoms with Gasteiger partial charge in [-0.25, -0.2) is 0 Å². The molecule has 1 aliphatic rings. The quantitative estimate of drug-likeness (QED) is 0.618. The molecule has 0 radical (unpaired) electrons. The average Bonchev–Trinajstić information content (AvgIpc) is 2.63. The molecule has 5 heteroatoms. The van der Waals surface area contributed by atoms with Gasteiger partial charge in [-0.1, -0.05) is 49.4 Å². The zero-order valence-electron chi connectivity index (χ0n) is 13.8. The maximum Gasteiger partial charge on any atom is 0.310 e. The number of nitrogens with zero attached hydrogens (tertiary/aromatic N) is 2. The Kier molecular flexibility index (Phi) is 5.11. The molecular formula is C19H22N2O3. The fourth-order valence-corrected chi connectivity index (χ4v) is 3.32. The van der Waals surface area contributed by atoms with Crippen LogP contribution in [0.25, 0.3) is 0 Å².